The second kappa shape index (κ2) is 10.3. The molecule has 1 aliphatic rings. The van der Waals surface area contributed by atoms with Gasteiger partial charge in [-0.15, -0.1) is 0 Å². The van der Waals surface area contributed by atoms with Crippen LogP contribution in [0.1, 0.15) is 37.9 Å². The van der Waals surface area contributed by atoms with Crippen LogP contribution in [0, 0.1) is 0 Å². The van der Waals surface area contributed by atoms with Crippen LogP contribution >= 0.6 is 0 Å². The normalized spacial score (nSPS) is 15.9. The lowest BCUT2D eigenvalue weighted by Gasteiger charge is -2.36. The number of hydrogen-bond acceptors (Lipinski definition) is 5. The van der Waals surface area contributed by atoms with Crippen LogP contribution in [0.25, 0.3) is 0 Å². The summed E-state index contributed by atoms with van der Waals surface area (Å²) in [4.78, 5) is 16.1. The van der Waals surface area contributed by atoms with Crippen molar-refractivity contribution >= 4 is 17.3 Å². The van der Waals surface area contributed by atoms with Crippen LogP contribution in [0.15, 0.2) is 48.5 Å². The molecule has 3 rings (SSSR count). The number of unbranched alkanes of at least 4 members (excludes halogenated alkanes) is 1. The van der Waals surface area contributed by atoms with Crippen LogP contribution < -0.4 is 10.2 Å². The van der Waals surface area contributed by atoms with Gasteiger partial charge in [0.15, 0.2) is 0 Å². The van der Waals surface area contributed by atoms with Gasteiger partial charge in [0.1, 0.15) is 5.75 Å². The first-order valence-electron chi connectivity index (χ1n) is 10.3. The Kier molecular flexibility index (Phi) is 7.49. The zero-order valence-corrected chi connectivity index (χ0v) is 17.1. The van der Waals surface area contributed by atoms with Gasteiger partial charge in [-0.05, 0) is 55.6 Å². The van der Waals surface area contributed by atoms with E-state index in [1.807, 2.05) is 6.07 Å². The molecule has 0 bridgehead atoms. The molecule has 0 aromatic heterocycles. The quantitative estimate of drug-likeness (QED) is 0.470. The van der Waals surface area contributed by atoms with E-state index in [4.69, 9.17) is 0 Å². The third-order valence-corrected chi connectivity index (χ3v) is 5.41. The molecule has 0 radical (unpaired) electrons. The minimum absolute atomic E-state index is 0.00537. The lowest BCUT2D eigenvalue weighted by atomic mass is 10.0. The van der Waals surface area contributed by atoms with Gasteiger partial charge in [-0.3, -0.25) is 9.69 Å². The van der Waals surface area contributed by atoms with E-state index in [1.54, 1.807) is 12.1 Å². The fourth-order valence-corrected chi connectivity index (χ4v) is 3.76. The fraction of sp³-hybridized carbons (Fsp3) is 0.435. The highest BCUT2D eigenvalue weighted by molar-refractivity contribution is 5.90. The molecule has 1 saturated heterocycles. The van der Waals surface area contributed by atoms with Crippen molar-refractivity contribution in [2.24, 2.45) is 0 Å². The maximum atomic E-state index is 11.2. The Morgan fingerprint density at radius 2 is 1.79 bits per heavy atom. The Labute approximate surface area is 172 Å². The summed E-state index contributed by atoms with van der Waals surface area (Å²) in [6, 6.07) is 15.4. The molecule has 1 atom stereocenters. The third-order valence-electron chi connectivity index (χ3n) is 5.41. The van der Waals surface area contributed by atoms with Crippen molar-refractivity contribution in [2.75, 3.05) is 42.9 Å². The summed E-state index contributed by atoms with van der Waals surface area (Å²) in [6.45, 7) is 6.66. The number of anilines is 2. The van der Waals surface area contributed by atoms with Gasteiger partial charge in [-0.2, -0.15) is 0 Å². The second-order valence-corrected chi connectivity index (χ2v) is 7.63. The van der Waals surface area contributed by atoms with Crippen molar-refractivity contribution in [3.8, 4) is 5.75 Å². The molecule has 1 heterocycles. The van der Waals surface area contributed by atoms with Gasteiger partial charge in [0, 0.05) is 38.8 Å². The number of carbonyl (C=O) groups is 1. The van der Waals surface area contributed by atoms with Crippen molar-refractivity contribution in [2.45, 2.75) is 32.3 Å². The third kappa shape index (κ3) is 6.21. The Morgan fingerprint density at radius 3 is 2.48 bits per heavy atom. The van der Waals surface area contributed by atoms with Crippen LogP contribution in [-0.2, 0) is 4.79 Å². The monoisotopic (exact) mass is 397 g/mol. The van der Waals surface area contributed by atoms with E-state index in [1.165, 1.54) is 18.7 Å². The molecular formula is C23H31N3O3. The number of nitrogens with zero attached hydrogens (tertiary/aromatic N) is 2. The number of piperazine rings is 1. The van der Waals surface area contributed by atoms with Gasteiger partial charge in [0.25, 0.3) is 0 Å². The van der Waals surface area contributed by atoms with Crippen molar-refractivity contribution in [3.63, 3.8) is 0 Å². The molecule has 29 heavy (non-hydrogen) atoms. The van der Waals surface area contributed by atoms with Crippen LogP contribution in [0.5, 0.6) is 5.75 Å². The Bertz CT molecular complexity index is 789. The Hall–Kier alpha value is -2.57. The van der Waals surface area contributed by atoms with Crippen LogP contribution in [0.4, 0.5) is 11.4 Å². The smallest absolute Gasteiger partial charge is 0.221 e. The largest absolute Gasteiger partial charge is 0.506 e. The SMILES string of the molecule is CC(=O)Nc1cc(C(O)CCCCN2CCN(c3ccccc3)CC2)ccc1O. The van der Waals surface area contributed by atoms with E-state index < -0.39 is 6.10 Å². The summed E-state index contributed by atoms with van der Waals surface area (Å²) >= 11 is 0. The standard InChI is InChI=1S/C23H31N3O3/c1-18(27)24-21-17-19(10-11-23(21)29)22(28)9-5-6-12-25-13-15-26(16-14-25)20-7-3-2-4-8-20/h2-4,7-8,10-11,17,22,28-29H,5-6,9,12-16H2,1H3,(H,24,27). The second-order valence-electron chi connectivity index (χ2n) is 7.63. The lowest BCUT2D eigenvalue weighted by Crippen LogP contribution is -2.46. The lowest BCUT2D eigenvalue weighted by molar-refractivity contribution is -0.114. The zero-order valence-electron chi connectivity index (χ0n) is 17.1. The molecule has 3 N–H and O–H groups in total. The summed E-state index contributed by atoms with van der Waals surface area (Å²) in [7, 11) is 0. The van der Waals surface area contributed by atoms with E-state index >= 15 is 0 Å². The Balaban J connectivity index is 1.38. The van der Waals surface area contributed by atoms with Gasteiger partial charge >= 0.3 is 0 Å². The minimum atomic E-state index is -0.599. The average Bonchev–Trinajstić information content (AvgIpc) is 2.73. The maximum absolute atomic E-state index is 11.2. The van der Waals surface area contributed by atoms with Gasteiger partial charge < -0.3 is 20.4 Å². The molecule has 0 saturated carbocycles. The molecule has 0 aliphatic carbocycles. The first-order valence-corrected chi connectivity index (χ1v) is 10.3. The van der Waals surface area contributed by atoms with E-state index in [-0.39, 0.29) is 11.7 Å². The van der Waals surface area contributed by atoms with Gasteiger partial charge in [0.05, 0.1) is 11.8 Å². The zero-order chi connectivity index (χ0) is 20.6. The molecule has 6 heteroatoms. The van der Waals surface area contributed by atoms with Crippen LogP contribution in [0.2, 0.25) is 0 Å². The molecular weight excluding hydrogens is 366 g/mol. The van der Waals surface area contributed by atoms with E-state index in [2.05, 4.69) is 39.4 Å². The molecule has 2 aromatic carbocycles. The highest BCUT2D eigenvalue weighted by Crippen LogP contribution is 2.29. The summed E-state index contributed by atoms with van der Waals surface area (Å²) in [5.41, 5.74) is 2.34. The number of aromatic hydroxyl groups is 1. The number of aliphatic hydroxyl groups is 1. The number of rotatable bonds is 8. The number of benzene rings is 2. The first kappa shape index (κ1) is 21.1. The molecule has 2 aromatic rings. The molecule has 1 unspecified atom stereocenters. The molecule has 1 aliphatic heterocycles. The highest BCUT2D eigenvalue weighted by Gasteiger charge is 2.17. The Morgan fingerprint density at radius 1 is 1.07 bits per heavy atom. The van der Waals surface area contributed by atoms with Crippen molar-refractivity contribution in [3.05, 3.63) is 54.1 Å². The van der Waals surface area contributed by atoms with Crippen LogP contribution in [0.3, 0.4) is 0 Å². The topological polar surface area (TPSA) is 76.0 Å². The minimum Gasteiger partial charge on any atom is -0.506 e. The summed E-state index contributed by atoms with van der Waals surface area (Å²) in [5, 5.41) is 22.8. The van der Waals surface area contributed by atoms with Crippen molar-refractivity contribution in [1.29, 1.82) is 0 Å². The molecule has 6 nitrogen and oxygen atoms in total. The van der Waals surface area contributed by atoms with Gasteiger partial charge in [-0.1, -0.05) is 24.3 Å². The van der Waals surface area contributed by atoms with Gasteiger partial charge in [0.2, 0.25) is 5.91 Å². The first-order chi connectivity index (χ1) is 14.0. The number of phenolic OH excluding ortho intramolecular Hbond substituents is 1. The number of nitrogens with one attached hydrogen (secondary N) is 1. The van der Waals surface area contributed by atoms with E-state index in [0.717, 1.165) is 45.6 Å². The molecule has 1 fully saturated rings. The van der Waals surface area contributed by atoms with Gasteiger partial charge in [-0.25, -0.2) is 0 Å². The molecule has 156 valence electrons. The average molecular weight is 398 g/mol. The summed E-state index contributed by atoms with van der Waals surface area (Å²) in [6.07, 6.45) is 2.03. The highest BCUT2D eigenvalue weighted by atomic mass is 16.3. The summed E-state index contributed by atoms with van der Waals surface area (Å²) in [5.74, 6) is -0.245. The number of aliphatic hydroxyl groups excluding tert-OH is 1. The molecule has 0 spiro atoms. The number of amides is 1. The molecule has 1 amide bonds. The van der Waals surface area contributed by atoms with Crippen molar-refractivity contribution < 1.29 is 15.0 Å². The maximum Gasteiger partial charge on any atom is 0.221 e. The van der Waals surface area contributed by atoms with E-state index in [9.17, 15) is 15.0 Å². The number of carbonyl (C=O) groups excluding carboxylic acids is 1. The predicted molar refractivity (Wildman–Crippen MR) is 116 cm³/mol. The van der Waals surface area contributed by atoms with Crippen LogP contribution in [-0.4, -0.2) is 53.7 Å². The number of phenols is 1. The predicted octanol–water partition coefficient (Wildman–Crippen LogP) is 3.38. The number of hydrogen-bond donors (Lipinski definition) is 3. The van der Waals surface area contributed by atoms with Crippen molar-refractivity contribution in [1.82, 2.24) is 4.90 Å². The summed E-state index contributed by atoms with van der Waals surface area (Å²) < 4.78 is 0. The fourth-order valence-electron chi connectivity index (χ4n) is 3.76. The number of para-hydroxylation sites is 1. The van der Waals surface area contributed by atoms with E-state index in [0.29, 0.717) is 17.7 Å².